The summed E-state index contributed by atoms with van der Waals surface area (Å²) in [6, 6.07) is 8.66. The Morgan fingerprint density at radius 3 is 2.67 bits per heavy atom. The van der Waals surface area contributed by atoms with E-state index in [1.54, 1.807) is 4.90 Å². The Hall–Kier alpha value is -1.59. The van der Waals surface area contributed by atoms with Gasteiger partial charge in [-0.2, -0.15) is 0 Å². The minimum atomic E-state index is -0.492. The smallest absolute Gasteiger partial charge is 0.410 e. The summed E-state index contributed by atoms with van der Waals surface area (Å²) in [5.41, 5.74) is 2.18. The minimum absolute atomic E-state index is 0.0875. The molecular weight excluding hydrogens is 342 g/mol. The summed E-state index contributed by atoms with van der Waals surface area (Å²) in [6.45, 7) is 7.70. The molecule has 2 aliphatic rings. The van der Waals surface area contributed by atoms with E-state index in [0.717, 1.165) is 32.1 Å². The van der Waals surface area contributed by atoms with Crippen molar-refractivity contribution in [2.24, 2.45) is 0 Å². The minimum Gasteiger partial charge on any atom is -0.444 e. The zero-order chi connectivity index (χ0) is 19.5. The molecule has 1 aromatic rings. The van der Waals surface area contributed by atoms with Gasteiger partial charge in [0, 0.05) is 19.0 Å². The van der Waals surface area contributed by atoms with Crippen LogP contribution in [0, 0.1) is 0 Å². The maximum Gasteiger partial charge on any atom is 0.410 e. The zero-order valence-electron chi connectivity index (χ0n) is 17.1. The number of nitrogens with zero attached hydrogens (tertiary/aromatic N) is 1. The molecule has 1 aliphatic carbocycles. The van der Waals surface area contributed by atoms with Crippen molar-refractivity contribution in [3.8, 4) is 0 Å². The van der Waals surface area contributed by atoms with Gasteiger partial charge in [0.1, 0.15) is 5.60 Å². The van der Waals surface area contributed by atoms with Gasteiger partial charge in [-0.05, 0) is 64.0 Å². The van der Waals surface area contributed by atoms with Crippen molar-refractivity contribution in [1.82, 2.24) is 4.90 Å². The monoisotopic (exact) mass is 375 g/mol. The third-order valence-electron chi connectivity index (χ3n) is 5.48. The predicted octanol–water partition coefficient (Wildman–Crippen LogP) is 4.28. The van der Waals surface area contributed by atoms with E-state index in [1.165, 1.54) is 11.1 Å². The maximum atomic E-state index is 12.6. The third kappa shape index (κ3) is 5.02. The van der Waals surface area contributed by atoms with Gasteiger partial charge in [-0.15, -0.1) is 0 Å². The van der Waals surface area contributed by atoms with Crippen LogP contribution in [0.2, 0.25) is 0 Å². The summed E-state index contributed by atoms with van der Waals surface area (Å²) in [5, 5.41) is 0. The second kappa shape index (κ2) is 8.19. The number of benzene rings is 1. The molecule has 5 nitrogen and oxygen atoms in total. The number of fused-ring (bicyclic) bond motifs is 1. The first kappa shape index (κ1) is 20.2. The van der Waals surface area contributed by atoms with Crippen LogP contribution >= 0.6 is 0 Å². The molecule has 0 aromatic heterocycles. The highest BCUT2D eigenvalue weighted by atomic mass is 16.7. The van der Waals surface area contributed by atoms with E-state index < -0.39 is 5.60 Å². The number of rotatable bonds is 5. The van der Waals surface area contributed by atoms with Gasteiger partial charge in [-0.1, -0.05) is 24.3 Å². The summed E-state index contributed by atoms with van der Waals surface area (Å²) in [4.78, 5) is 14.3. The van der Waals surface area contributed by atoms with Gasteiger partial charge < -0.3 is 19.1 Å². The van der Waals surface area contributed by atoms with E-state index in [-0.39, 0.29) is 17.8 Å². The molecule has 5 heteroatoms. The summed E-state index contributed by atoms with van der Waals surface area (Å²) in [5.74, 6) is 0. The zero-order valence-corrected chi connectivity index (χ0v) is 17.1. The number of hydrogen-bond donors (Lipinski definition) is 0. The van der Waals surface area contributed by atoms with Crippen molar-refractivity contribution >= 4 is 6.09 Å². The average molecular weight is 376 g/mol. The van der Waals surface area contributed by atoms with Crippen molar-refractivity contribution in [2.75, 3.05) is 26.8 Å². The van der Waals surface area contributed by atoms with Gasteiger partial charge >= 0.3 is 6.09 Å². The highest BCUT2D eigenvalue weighted by Crippen LogP contribution is 2.42. The molecular formula is C22H33NO4. The van der Waals surface area contributed by atoms with Crippen LogP contribution in [-0.2, 0) is 26.0 Å². The lowest BCUT2D eigenvalue weighted by atomic mass is 9.67. The van der Waals surface area contributed by atoms with Crippen molar-refractivity contribution in [2.45, 2.75) is 70.2 Å². The SMILES string of the molecule is CN(CC1(CCC2OCCO2)CCCc2ccccc21)C(=O)OC(C)(C)C. The topological polar surface area (TPSA) is 48.0 Å². The fourth-order valence-corrected chi connectivity index (χ4v) is 4.34. The number of carbonyl (C=O) groups excluding carboxylic acids is 1. The first-order chi connectivity index (χ1) is 12.8. The number of aryl methyl sites for hydroxylation is 1. The Bertz CT molecular complexity index is 648. The van der Waals surface area contributed by atoms with Gasteiger partial charge in [0.05, 0.1) is 13.2 Å². The molecule has 150 valence electrons. The van der Waals surface area contributed by atoms with Crippen LogP contribution in [0.25, 0.3) is 0 Å². The Morgan fingerprint density at radius 2 is 1.96 bits per heavy atom. The molecule has 1 atom stereocenters. The van der Waals surface area contributed by atoms with Gasteiger partial charge in [0.15, 0.2) is 6.29 Å². The van der Waals surface area contributed by atoms with E-state index in [9.17, 15) is 4.79 Å². The maximum absolute atomic E-state index is 12.6. The van der Waals surface area contributed by atoms with Crippen LogP contribution in [0.3, 0.4) is 0 Å². The molecule has 1 heterocycles. The van der Waals surface area contributed by atoms with E-state index in [0.29, 0.717) is 19.8 Å². The number of likely N-dealkylation sites (N-methyl/N-ethyl adjacent to an activating group) is 1. The van der Waals surface area contributed by atoms with E-state index in [4.69, 9.17) is 14.2 Å². The first-order valence-electron chi connectivity index (χ1n) is 10.0. The lowest BCUT2D eigenvalue weighted by Gasteiger charge is -2.42. The van der Waals surface area contributed by atoms with Crippen molar-refractivity contribution in [3.63, 3.8) is 0 Å². The fourth-order valence-electron chi connectivity index (χ4n) is 4.34. The molecule has 3 rings (SSSR count). The summed E-state index contributed by atoms with van der Waals surface area (Å²) >= 11 is 0. The van der Waals surface area contributed by atoms with Crippen LogP contribution in [0.15, 0.2) is 24.3 Å². The first-order valence-corrected chi connectivity index (χ1v) is 10.0. The van der Waals surface area contributed by atoms with Gasteiger partial charge in [0.2, 0.25) is 0 Å². The normalized spacial score (nSPS) is 23.1. The molecule has 1 unspecified atom stereocenters. The molecule has 0 N–H and O–H groups in total. The molecule has 0 spiro atoms. The molecule has 0 bridgehead atoms. The number of hydrogen-bond acceptors (Lipinski definition) is 4. The summed E-state index contributed by atoms with van der Waals surface area (Å²) in [7, 11) is 1.84. The van der Waals surface area contributed by atoms with E-state index in [1.807, 2.05) is 27.8 Å². The standard InChI is InChI=1S/C22H33NO4/c1-21(2,3)27-20(24)23(4)16-22(13-11-19-25-14-15-26-19)12-7-9-17-8-5-6-10-18(17)22/h5-6,8,10,19H,7,9,11-16H2,1-4H3. The van der Waals surface area contributed by atoms with Crippen molar-refractivity contribution in [3.05, 3.63) is 35.4 Å². The van der Waals surface area contributed by atoms with Gasteiger partial charge in [-0.25, -0.2) is 4.79 Å². The summed E-state index contributed by atoms with van der Waals surface area (Å²) in [6.07, 6.45) is 4.68. The highest BCUT2D eigenvalue weighted by Gasteiger charge is 2.39. The highest BCUT2D eigenvalue weighted by molar-refractivity contribution is 5.68. The molecule has 1 fully saturated rings. The largest absolute Gasteiger partial charge is 0.444 e. The molecule has 1 aliphatic heterocycles. The van der Waals surface area contributed by atoms with Crippen molar-refractivity contribution < 1.29 is 19.0 Å². The Morgan fingerprint density at radius 1 is 1.26 bits per heavy atom. The molecule has 1 amide bonds. The Kier molecular flexibility index (Phi) is 6.11. The predicted molar refractivity (Wildman–Crippen MR) is 105 cm³/mol. The number of carbonyl (C=O) groups is 1. The number of ether oxygens (including phenoxy) is 3. The van der Waals surface area contributed by atoms with Gasteiger partial charge in [-0.3, -0.25) is 0 Å². The molecule has 0 saturated carbocycles. The van der Waals surface area contributed by atoms with E-state index in [2.05, 4.69) is 24.3 Å². The van der Waals surface area contributed by atoms with Crippen LogP contribution in [0.4, 0.5) is 4.79 Å². The van der Waals surface area contributed by atoms with Crippen LogP contribution in [0.5, 0.6) is 0 Å². The lowest BCUT2D eigenvalue weighted by Crippen LogP contribution is -2.46. The van der Waals surface area contributed by atoms with Crippen molar-refractivity contribution in [1.29, 1.82) is 0 Å². The molecule has 1 aromatic carbocycles. The molecule has 27 heavy (non-hydrogen) atoms. The Balaban J connectivity index is 1.81. The third-order valence-corrected chi connectivity index (χ3v) is 5.48. The van der Waals surface area contributed by atoms with Gasteiger partial charge in [0.25, 0.3) is 0 Å². The number of amides is 1. The van der Waals surface area contributed by atoms with Crippen LogP contribution < -0.4 is 0 Å². The van der Waals surface area contributed by atoms with Crippen LogP contribution in [-0.4, -0.2) is 49.7 Å². The second-order valence-corrected chi connectivity index (χ2v) is 8.84. The fraction of sp³-hybridized carbons (Fsp3) is 0.682. The Labute approximate surface area is 163 Å². The average Bonchev–Trinajstić information content (AvgIpc) is 3.12. The molecule has 0 radical (unpaired) electrons. The quantitative estimate of drug-likeness (QED) is 0.771. The molecule has 1 saturated heterocycles. The second-order valence-electron chi connectivity index (χ2n) is 8.84. The lowest BCUT2D eigenvalue weighted by molar-refractivity contribution is -0.0528. The summed E-state index contributed by atoms with van der Waals surface area (Å²) < 4.78 is 16.9. The van der Waals surface area contributed by atoms with E-state index >= 15 is 0 Å². The van der Waals surface area contributed by atoms with Crippen LogP contribution in [0.1, 0.15) is 57.6 Å².